The maximum Gasteiger partial charge on any atom is 0.306 e. The molecule has 0 unspecified atom stereocenters. The smallest absolute Gasteiger partial charge is 0.218 e. The second-order valence-corrected chi connectivity index (χ2v) is 5.60. The van der Waals surface area contributed by atoms with Crippen molar-refractivity contribution >= 4 is 6.01 Å². The van der Waals surface area contributed by atoms with Crippen LogP contribution in [0.3, 0.4) is 0 Å². The SMILES string of the molecule is CC[N+](=C=NC1CCCCC1)C1CCCCC1. The molecule has 2 aliphatic carbocycles. The second kappa shape index (κ2) is 6.96. The molecule has 17 heavy (non-hydrogen) atoms. The van der Waals surface area contributed by atoms with Crippen LogP contribution in [0.2, 0.25) is 0 Å². The van der Waals surface area contributed by atoms with E-state index >= 15 is 0 Å². The van der Waals surface area contributed by atoms with Crippen molar-refractivity contribution in [2.24, 2.45) is 4.99 Å². The molecule has 2 aliphatic rings. The molecule has 96 valence electrons. The van der Waals surface area contributed by atoms with E-state index in [4.69, 9.17) is 4.99 Å². The molecule has 0 aromatic carbocycles. The highest BCUT2D eigenvalue weighted by Gasteiger charge is 2.20. The summed E-state index contributed by atoms with van der Waals surface area (Å²) < 4.78 is 2.37. The summed E-state index contributed by atoms with van der Waals surface area (Å²) in [4.78, 5) is 4.71. The molecule has 0 saturated heterocycles. The standard InChI is InChI=1S/C15H27N2/c1-2-17(15-11-7-4-8-12-15)13-16-14-9-5-3-6-10-14/h14-15H,2-12H2,1H3/q+1. The van der Waals surface area contributed by atoms with Crippen LogP contribution in [-0.4, -0.2) is 29.2 Å². The molecule has 0 N–H and O–H groups in total. The van der Waals surface area contributed by atoms with Gasteiger partial charge < -0.3 is 0 Å². The molecule has 2 heteroatoms. The molecule has 0 aromatic rings. The molecule has 0 radical (unpaired) electrons. The molecule has 2 saturated carbocycles. The Morgan fingerprint density at radius 3 is 2.12 bits per heavy atom. The van der Waals surface area contributed by atoms with Crippen molar-refractivity contribution in [3.63, 3.8) is 0 Å². The average Bonchev–Trinajstić information content (AvgIpc) is 2.42. The first kappa shape index (κ1) is 12.8. The zero-order chi connectivity index (χ0) is 11.9. The Kier molecular flexibility index (Phi) is 5.25. The first-order valence-electron chi connectivity index (χ1n) is 7.62. The predicted molar refractivity (Wildman–Crippen MR) is 72.0 cm³/mol. The lowest BCUT2D eigenvalue weighted by Gasteiger charge is -2.20. The van der Waals surface area contributed by atoms with Crippen LogP contribution in [0.5, 0.6) is 0 Å². The molecule has 0 atom stereocenters. The third kappa shape index (κ3) is 3.96. The van der Waals surface area contributed by atoms with Gasteiger partial charge in [0.25, 0.3) is 0 Å². The van der Waals surface area contributed by atoms with Crippen LogP contribution in [0.1, 0.15) is 71.1 Å². The minimum absolute atomic E-state index is 0.571. The third-order valence-electron chi connectivity index (χ3n) is 4.30. The molecular weight excluding hydrogens is 208 g/mol. The molecule has 2 rings (SSSR count). The van der Waals surface area contributed by atoms with Crippen LogP contribution in [0, 0.1) is 0 Å². The topological polar surface area (TPSA) is 15.4 Å². The number of aliphatic imine (C=N–C) groups is 1. The first-order chi connectivity index (χ1) is 8.40. The van der Waals surface area contributed by atoms with Gasteiger partial charge in [-0.1, -0.05) is 12.8 Å². The molecule has 2 fully saturated rings. The van der Waals surface area contributed by atoms with Crippen LogP contribution in [0.25, 0.3) is 0 Å². The van der Waals surface area contributed by atoms with Crippen LogP contribution in [0.4, 0.5) is 0 Å². The zero-order valence-corrected chi connectivity index (χ0v) is 11.3. The lowest BCUT2D eigenvalue weighted by Crippen LogP contribution is -2.28. The third-order valence-corrected chi connectivity index (χ3v) is 4.30. The van der Waals surface area contributed by atoms with Crippen molar-refractivity contribution in [1.82, 2.24) is 0 Å². The molecule has 0 spiro atoms. The molecule has 0 aliphatic heterocycles. The van der Waals surface area contributed by atoms with Crippen molar-refractivity contribution in [3.8, 4) is 0 Å². The van der Waals surface area contributed by atoms with E-state index in [9.17, 15) is 0 Å². The number of hydrogen-bond acceptors (Lipinski definition) is 1. The maximum atomic E-state index is 4.71. The van der Waals surface area contributed by atoms with E-state index in [1.807, 2.05) is 0 Å². The highest BCUT2D eigenvalue weighted by molar-refractivity contribution is 5.34. The van der Waals surface area contributed by atoms with Crippen molar-refractivity contribution in [2.45, 2.75) is 83.2 Å². The van der Waals surface area contributed by atoms with E-state index in [0.29, 0.717) is 6.04 Å². The van der Waals surface area contributed by atoms with E-state index in [1.54, 1.807) is 0 Å². The molecule has 0 heterocycles. The first-order valence-corrected chi connectivity index (χ1v) is 7.62. The van der Waals surface area contributed by atoms with Gasteiger partial charge in [0.05, 0.1) is 6.54 Å². The highest BCUT2D eigenvalue weighted by Crippen LogP contribution is 2.21. The van der Waals surface area contributed by atoms with E-state index in [1.165, 1.54) is 64.2 Å². The fourth-order valence-electron chi connectivity index (χ4n) is 3.17. The second-order valence-electron chi connectivity index (χ2n) is 5.60. The van der Waals surface area contributed by atoms with E-state index in [0.717, 1.165) is 12.6 Å². The van der Waals surface area contributed by atoms with Crippen molar-refractivity contribution in [1.29, 1.82) is 0 Å². The largest absolute Gasteiger partial charge is 0.306 e. The van der Waals surface area contributed by atoms with Crippen LogP contribution >= 0.6 is 0 Å². The molecule has 0 amide bonds. The van der Waals surface area contributed by atoms with Gasteiger partial charge in [0.15, 0.2) is 6.04 Å². The molecule has 2 nitrogen and oxygen atoms in total. The molecule has 0 aromatic heterocycles. The highest BCUT2D eigenvalue weighted by atomic mass is 15.0. The predicted octanol–water partition coefficient (Wildman–Crippen LogP) is 3.86. The van der Waals surface area contributed by atoms with Gasteiger partial charge in [-0.25, -0.2) is 4.58 Å². The molecule has 0 bridgehead atoms. The van der Waals surface area contributed by atoms with Crippen molar-refractivity contribution in [3.05, 3.63) is 0 Å². The Bertz CT molecular complexity index is 277. The lowest BCUT2D eigenvalue weighted by molar-refractivity contribution is -0.561. The maximum absolute atomic E-state index is 4.71. The summed E-state index contributed by atoms with van der Waals surface area (Å²) in [5.41, 5.74) is 0. The van der Waals surface area contributed by atoms with E-state index in [-0.39, 0.29) is 0 Å². The van der Waals surface area contributed by atoms with Crippen LogP contribution in [-0.2, 0) is 0 Å². The van der Waals surface area contributed by atoms with Gasteiger partial charge in [0.1, 0.15) is 6.04 Å². The normalized spacial score (nSPS) is 23.1. The summed E-state index contributed by atoms with van der Waals surface area (Å²) in [6.07, 6.45) is 13.6. The van der Waals surface area contributed by atoms with Gasteiger partial charge in [-0.2, -0.15) is 0 Å². The average molecular weight is 235 g/mol. The van der Waals surface area contributed by atoms with Gasteiger partial charge >= 0.3 is 6.01 Å². The van der Waals surface area contributed by atoms with Gasteiger partial charge in [0.2, 0.25) is 0 Å². The Labute approximate surface area is 106 Å². The summed E-state index contributed by atoms with van der Waals surface area (Å²) in [5.74, 6) is 0. The fraction of sp³-hybridized carbons (Fsp3) is 0.933. The monoisotopic (exact) mass is 235 g/mol. The van der Waals surface area contributed by atoms with Gasteiger partial charge in [-0.3, -0.25) is 0 Å². The number of hydrogen-bond donors (Lipinski definition) is 0. The fourth-order valence-corrected chi connectivity index (χ4v) is 3.17. The van der Waals surface area contributed by atoms with Gasteiger partial charge in [-0.15, -0.1) is 0 Å². The van der Waals surface area contributed by atoms with Crippen LogP contribution < -0.4 is 0 Å². The minimum atomic E-state index is 0.571. The summed E-state index contributed by atoms with van der Waals surface area (Å²) in [6, 6.07) is 4.66. The van der Waals surface area contributed by atoms with E-state index in [2.05, 4.69) is 17.5 Å². The summed E-state index contributed by atoms with van der Waals surface area (Å²) in [7, 11) is 0. The van der Waals surface area contributed by atoms with Crippen molar-refractivity contribution < 1.29 is 4.58 Å². The molecular formula is C15H27N2+. The van der Waals surface area contributed by atoms with Gasteiger partial charge in [-0.05, 0) is 63.3 Å². The quantitative estimate of drug-likeness (QED) is 0.521. The Balaban J connectivity index is 1.96. The number of rotatable bonds is 3. The zero-order valence-electron chi connectivity index (χ0n) is 11.3. The number of nitrogens with zero attached hydrogens (tertiary/aromatic N) is 2. The Morgan fingerprint density at radius 1 is 0.941 bits per heavy atom. The Morgan fingerprint density at radius 2 is 1.53 bits per heavy atom. The summed E-state index contributed by atoms with van der Waals surface area (Å²) >= 11 is 0. The van der Waals surface area contributed by atoms with Crippen LogP contribution in [0.15, 0.2) is 4.99 Å². The van der Waals surface area contributed by atoms with Gasteiger partial charge in [0, 0.05) is 0 Å². The lowest BCUT2D eigenvalue weighted by atomic mass is 9.95. The Hall–Kier alpha value is -0.620. The minimum Gasteiger partial charge on any atom is -0.218 e. The van der Waals surface area contributed by atoms with E-state index < -0.39 is 0 Å². The summed E-state index contributed by atoms with van der Waals surface area (Å²) in [5, 5.41) is 0. The summed E-state index contributed by atoms with van der Waals surface area (Å²) in [6.45, 7) is 3.30. The van der Waals surface area contributed by atoms with Crippen molar-refractivity contribution in [2.75, 3.05) is 6.54 Å².